The molecule has 2 aliphatic rings. The largest absolute Gasteiger partial charge is 0.273 e. The molecular weight excluding hydrogens is 246 g/mol. The number of hydrogen-bond donors (Lipinski definition) is 0. The summed E-state index contributed by atoms with van der Waals surface area (Å²) >= 11 is 0. The number of fused-ring (bicyclic) bond motifs is 1. The van der Waals surface area contributed by atoms with E-state index >= 15 is 0 Å². The van der Waals surface area contributed by atoms with Crippen molar-refractivity contribution in [3.8, 4) is 0 Å². The minimum absolute atomic E-state index is 0.249. The summed E-state index contributed by atoms with van der Waals surface area (Å²) in [6.45, 7) is 4.75. The summed E-state index contributed by atoms with van der Waals surface area (Å²) in [7, 11) is -3.37. The molecule has 1 saturated carbocycles. The number of allylic oxidation sites excluding steroid dienone is 1. The van der Waals surface area contributed by atoms with Crippen LogP contribution in [0.15, 0.2) is 41.4 Å². The third-order valence-corrected chi connectivity index (χ3v) is 5.86. The van der Waals surface area contributed by atoms with Gasteiger partial charge in [0.05, 0.1) is 4.90 Å². The molecule has 1 heterocycles. The Morgan fingerprint density at radius 2 is 1.94 bits per heavy atom. The van der Waals surface area contributed by atoms with E-state index in [1.54, 1.807) is 18.3 Å². The first-order valence-corrected chi connectivity index (χ1v) is 7.64. The van der Waals surface area contributed by atoms with Gasteiger partial charge in [0.25, 0.3) is 10.0 Å². The number of sulfonamides is 1. The third-order valence-electron chi connectivity index (χ3n) is 4.11. The summed E-state index contributed by atoms with van der Waals surface area (Å²) in [4.78, 5) is 0.377. The van der Waals surface area contributed by atoms with Crippen LogP contribution in [0.5, 0.6) is 0 Å². The lowest BCUT2D eigenvalue weighted by Gasteiger charge is -2.25. The zero-order valence-corrected chi connectivity index (χ0v) is 11.4. The van der Waals surface area contributed by atoms with E-state index < -0.39 is 10.0 Å². The van der Waals surface area contributed by atoms with Crippen molar-refractivity contribution in [1.29, 1.82) is 0 Å². The topological polar surface area (TPSA) is 37.4 Å². The molecule has 1 aliphatic heterocycles. The highest BCUT2D eigenvalue weighted by atomic mass is 32.2. The standard InChI is InChI=1S/C14H17NO2S/c1-11-3-5-13(6-4-11)18(16,17)15-8-7-14(2)9-12(14)10-15/h3-8,12H,9-10H2,1-2H3. The van der Waals surface area contributed by atoms with Crippen molar-refractivity contribution in [2.45, 2.75) is 25.2 Å². The first-order valence-electron chi connectivity index (χ1n) is 6.20. The van der Waals surface area contributed by atoms with Gasteiger partial charge in [0, 0.05) is 12.7 Å². The lowest BCUT2D eigenvalue weighted by atomic mass is 10.1. The number of aryl methyl sites for hydroxylation is 1. The molecule has 96 valence electrons. The van der Waals surface area contributed by atoms with E-state index in [4.69, 9.17) is 0 Å². The Balaban J connectivity index is 1.92. The normalized spacial score (nSPS) is 30.1. The highest BCUT2D eigenvalue weighted by molar-refractivity contribution is 7.89. The van der Waals surface area contributed by atoms with Gasteiger partial charge in [0.1, 0.15) is 0 Å². The second kappa shape index (κ2) is 3.60. The fourth-order valence-electron chi connectivity index (χ4n) is 2.50. The molecule has 0 N–H and O–H groups in total. The molecule has 1 aromatic rings. The van der Waals surface area contributed by atoms with Crippen LogP contribution < -0.4 is 0 Å². The highest BCUT2D eigenvalue weighted by Gasteiger charge is 2.51. The SMILES string of the molecule is Cc1ccc(S(=O)(=O)N2C=CC3(C)CC3C2)cc1. The van der Waals surface area contributed by atoms with Gasteiger partial charge in [0.2, 0.25) is 0 Å². The molecule has 1 aliphatic carbocycles. The van der Waals surface area contributed by atoms with Crippen molar-refractivity contribution in [3.63, 3.8) is 0 Å². The van der Waals surface area contributed by atoms with Crippen LogP contribution >= 0.6 is 0 Å². The van der Waals surface area contributed by atoms with Crippen molar-refractivity contribution < 1.29 is 8.42 Å². The molecule has 0 saturated heterocycles. The second-order valence-electron chi connectivity index (χ2n) is 5.61. The minimum atomic E-state index is -3.37. The average molecular weight is 263 g/mol. The molecule has 1 aromatic carbocycles. The fourth-order valence-corrected chi connectivity index (χ4v) is 3.85. The van der Waals surface area contributed by atoms with Crippen LogP contribution in [0, 0.1) is 18.3 Å². The highest BCUT2D eigenvalue weighted by Crippen LogP contribution is 2.56. The average Bonchev–Trinajstić information content (AvgIpc) is 3.00. The summed E-state index contributed by atoms with van der Waals surface area (Å²) in [6.07, 6.45) is 4.87. The van der Waals surface area contributed by atoms with Crippen molar-refractivity contribution in [3.05, 3.63) is 42.1 Å². The van der Waals surface area contributed by atoms with E-state index in [1.165, 1.54) is 4.31 Å². The smallest absolute Gasteiger partial charge is 0.263 e. The zero-order valence-electron chi connectivity index (χ0n) is 10.6. The quantitative estimate of drug-likeness (QED) is 0.822. The predicted octanol–water partition coefficient (Wildman–Crippen LogP) is 2.54. The van der Waals surface area contributed by atoms with Gasteiger partial charge in [0.15, 0.2) is 0 Å². The van der Waals surface area contributed by atoms with Gasteiger partial charge in [-0.2, -0.15) is 0 Å². The van der Waals surface area contributed by atoms with Crippen molar-refractivity contribution in [2.24, 2.45) is 11.3 Å². The van der Waals surface area contributed by atoms with E-state index in [-0.39, 0.29) is 5.41 Å². The van der Waals surface area contributed by atoms with Crippen LogP contribution in [0.3, 0.4) is 0 Å². The Morgan fingerprint density at radius 1 is 1.28 bits per heavy atom. The predicted molar refractivity (Wildman–Crippen MR) is 70.4 cm³/mol. The molecule has 1 fully saturated rings. The number of benzene rings is 1. The van der Waals surface area contributed by atoms with Crippen molar-refractivity contribution >= 4 is 10.0 Å². The summed E-state index contributed by atoms with van der Waals surface area (Å²) in [5.74, 6) is 0.489. The molecule has 0 aromatic heterocycles. The molecule has 0 spiro atoms. The summed E-state index contributed by atoms with van der Waals surface area (Å²) in [6, 6.07) is 7.03. The van der Waals surface area contributed by atoms with Gasteiger partial charge in [-0.15, -0.1) is 0 Å². The maximum absolute atomic E-state index is 12.4. The summed E-state index contributed by atoms with van der Waals surface area (Å²) < 4.78 is 26.4. The molecule has 18 heavy (non-hydrogen) atoms. The zero-order chi connectivity index (χ0) is 13.0. The van der Waals surface area contributed by atoms with Gasteiger partial charge in [-0.3, -0.25) is 4.31 Å². The number of nitrogens with zero attached hydrogens (tertiary/aromatic N) is 1. The minimum Gasteiger partial charge on any atom is -0.273 e. The van der Waals surface area contributed by atoms with Gasteiger partial charge in [-0.25, -0.2) is 8.42 Å². The molecule has 0 radical (unpaired) electrons. The third kappa shape index (κ3) is 1.75. The van der Waals surface area contributed by atoms with Gasteiger partial charge < -0.3 is 0 Å². The van der Waals surface area contributed by atoms with Crippen LogP contribution in [-0.2, 0) is 10.0 Å². The van der Waals surface area contributed by atoms with Crippen LogP contribution in [-0.4, -0.2) is 19.3 Å². The van der Waals surface area contributed by atoms with Crippen LogP contribution in [0.1, 0.15) is 18.9 Å². The summed E-state index contributed by atoms with van der Waals surface area (Å²) in [5, 5.41) is 0. The van der Waals surface area contributed by atoms with E-state index in [1.807, 2.05) is 25.1 Å². The Labute approximate surface area is 108 Å². The van der Waals surface area contributed by atoms with Gasteiger partial charge in [-0.05, 0) is 36.8 Å². The Kier molecular flexibility index (Phi) is 2.36. The molecule has 3 nitrogen and oxygen atoms in total. The number of rotatable bonds is 2. The molecular formula is C14H17NO2S. The monoisotopic (exact) mass is 263 g/mol. The first-order chi connectivity index (χ1) is 8.42. The number of hydrogen-bond acceptors (Lipinski definition) is 2. The van der Waals surface area contributed by atoms with Crippen LogP contribution in [0.25, 0.3) is 0 Å². The maximum atomic E-state index is 12.4. The molecule has 4 heteroatoms. The van der Waals surface area contributed by atoms with Crippen molar-refractivity contribution in [2.75, 3.05) is 6.54 Å². The van der Waals surface area contributed by atoms with E-state index in [0.717, 1.165) is 12.0 Å². The van der Waals surface area contributed by atoms with E-state index in [9.17, 15) is 8.42 Å². The molecule has 0 amide bonds. The fraction of sp³-hybridized carbons (Fsp3) is 0.429. The lowest BCUT2D eigenvalue weighted by molar-refractivity contribution is 0.432. The Hall–Kier alpha value is -1.29. The molecule has 0 bridgehead atoms. The van der Waals surface area contributed by atoms with Crippen LogP contribution in [0.2, 0.25) is 0 Å². The summed E-state index contributed by atoms with van der Waals surface area (Å²) in [5.41, 5.74) is 1.32. The Bertz CT molecular complexity index is 603. The molecule has 3 rings (SSSR count). The lowest BCUT2D eigenvalue weighted by Crippen LogP contribution is -2.31. The van der Waals surface area contributed by atoms with E-state index in [0.29, 0.717) is 17.4 Å². The second-order valence-corrected chi connectivity index (χ2v) is 7.50. The van der Waals surface area contributed by atoms with Gasteiger partial charge in [-0.1, -0.05) is 30.7 Å². The van der Waals surface area contributed by atoms with Crippen molar-refractivity contribution in [1.82, 2.24) is 4.31 Å². The van der Waals surface area contributed by atoms with E-state index in [2.05, 4.69) is 6.92 Å². The maximum Gasteiger partial charge on any atom is 0.263 e. The molecule has 2 atom stereocenters. The van der Waals surface area contributed by atoms with Crippen LogP contribution in [0.4, 0.5) is 0 Å². The van der Waals surface area contributed by atoms with Gasteiger partial charge >= 0.3 is 0 Å². The Morgan fingerprint density at radius 3 is 2.56 bits per heavy atom. The first kappa shape index (κ1) is 11.8. The molecule has 2 unspecified atom stereocenters.